The van der Waals surface area contributed by atoms with Crippen molar-refractivity contribution in [1.29, 1.82) is 0 Å². The first-order valence-electron chi connectivity index (χ1n) is 10.1. The van der Waals surface area contributed by atoms with E-state index < -0.39 is 39.5 Å². The van der Waals surface area contributed by atoms with E-state index >= 15 is 0 Å². The average molecular weight is 497 g/mol. The van der Waals surface area contributed by atoms with E-state index in [1.54, 1.807) is 19.1 Å². The Morgan fingerprint density at radius 2 is 2.00 bits per heavy atom. The van der Waals surface area contributed by atoms with Crippen LogP contribution in [-0.4, -0.2) is 47.7 Å². The van der Waals surface area contributed by atoms with E-state index in [2.05, 4.69) is 39.1 Å². The molecule has 3 rings (SSSR count). The molecule has 1 saturated heterocycles. The number of anilines is 4. The number of alkyl halides is 3. The molecule has 0 unspecified atom stereocenters. The Labute approximate surface area is 194 Å². The van der Waals surface area contributed by atoms with E-state index in [9.17, 15) is 26.4 Å². The van der Waals surface area contributed by atoms with Crippen LogP contribution in [0.15, 0.2) is 49.0 Å². The predicted octanol–water partition coefficient (Wildman–Crippen LogP) is 3.63. The minimum Gasteiger partial charge on any atom is -0.350 e. The number of amides is 1. The minimum atomic E-state index is -4.75. The molecule has 0 saturated carbocycles. The van der Waals surface area contributed by atoms with Crippen molar-refractivity contribution in [1.82, 2.24) is 14.3 Å². The molecule has 182 valence electrons. The Balaban J connectivity index is 1.90. The molecule has 1 amide bonds. The molecule has 2 heterocycles. The van der Waals surface area contributed by atoms with Crippen molar-refractivity contribution in [3.8, 4) is 0 Å². The van der Waals surface area contributed by atoms with Gasteiger partial charge in [0.25, 0.3) is 0 Å². The second-order valence-corrected chi connectivity index (χ2v) is 9.40. The molecule has 1 atom stereocenters. The van der Waals surface area contributed by atoms with Gasteiger partial charge >= 0.3 is 6.18 Å². The minimum absolute atomic E-state index is 0.0944. The summed E-state index contributed by atoms with van der Waals surface area (Å²) in [5.74, 6) is -1.17. The third kappa shape index (κ3) is 5.91. The Bertz CT molecular complexity index is 1220. The van der Waals surface area contributed by atoms with Gasteiger partial charge in [-0.15, -0.1) is 0 Å². The first-order chi connectivity index (χ1) is 15.9. The Morgan fingerprint density at radius 1 is 1.26 bits per heavy atom. The molecule has 0 aliphatic carbocycles. The summed E-state index contributed by atoms with van der Waals surface area (Å²) in [6.45, 7) is 8.74. The Morgan fingerprint density at radius 3 is 2.65 bits per heavy atom. The number of hydrogen-bond acceptors (Lipinski definition) is 7. The molecule has 1 aromatic heterocycles. The Kier molecular flexibility index (Phi) is 7.26. The number of aryl methyl sites for hydroxylation is 1. The molecule has 1 aromatic carbocycles. The number of nitrogens with one attached hydrogen (secondary N) is 3. The SMILES string of the molecule is C=CC(=O)Nc1cc(C)ccc1Nc1nc(N[C@H]2CCN(S(=O)(=O)C=C)C2)ncc1C(F)(F)F. The van der Waals surface area contributed by atoms with Gasteiger partial charge in [0, 0.05) is 30.7 Å². The van der Waals surface area contributed by atoms with Crippen LogP contribution >= 0.6 is 0 Å². The van der Waals surface area contributed by atoms with Crippen molar-refractivity contribution >= 4 is 39.1 Å². The second kappa shape index (κ2) is 9.81. The number of rotatable bonds is 8. The van der Waals surface area contributed by atoms with Crippen LogP contribution in [0, 0.1) is 6.92 Å². The van der Waals surface area contributed by atoms with Crippen molar-refractivity contribution in [3.63, 3.8) is 0 Å². The zero-order valence-electron chi connectivity index (χ0n) is 18.2. The first-order valence-corrected chi connectivity index (χ1v) is 11.6. The standard InChI is InChI=1S/C21H23F3N6O3S/c1-4-18(31)27-17-10-13(3)6-7-16(17)28-19-15(21(22,23)24)11-25-20(29-19)26-14-8-9-30(12-14)34(32,33)5-2/h4-7,10-11,14H,1-2,8-9,12H2,3H3,(H,27,31)(H2,25,26,28,29)/t14-/m0/s1. The van der Waals surface area contributed by atoms with Crippen LogP contribution in [0.1, 0.15) is 17.5 Å². The fourth-order valence-electron chi connectivity index (χ4n) is 3.30. The summed E-state index contributed by atoms with van der Waals surface area (Å²) in [6.07, 6.45) is -2.66. The van der Waals surface area contributed by atoms with Crippen molar-refractivity contribution in [2.45, 2.75) is 25.6 Å². The summed E-state index contributed by atoms with van der Waals surface area (Å²) < 4.78 is 66.0. The van der Waals surface area contributed by atoms with E-state index in [0.717, 1.165) is 17.0 Å². The van der Waals surface area contributed by atoms with Gasteiger partial charge in [0.15, 0.2) is 0 Å². The first kappa shape index (κ1) is 25.2. The quantitative estimate of drug-likeness (QED) is 0.478. The maximum atomic E-state index is 13.6. The highest BCUT2D eigenvalue weighted by atomic mass is 32.2. The molecule has 0 spiro atoms. The third-order valence-electron chi connectivity index (χ3n) is 5.02. The number of aromatic nitrogens is 2. The molecule has 0 radical (unpaired) electrons. The monoisotopic (exact) mass is 496 g/mol. The number of sulfonamides is 1. The zero-order chi connectivity index (χ0) is 25.1. The molecule has 0 bridgehead atoms. The maximum absolute atomic E-state index is 13.6. The van der Waals surface area contributed by atoms with Gasteiger partial charge in [-0.25, -0.2) is 13.4 Å². The van der Waals surface area contributed by atoms with E-state index in [1.165, 1.54) is 10.4 Å². The lowest BCUT2D eigenvalue weighted by atomic mass is 10.1. The van der Waals surface area contributed by atoms with Gasteiger partial charge in [-0.3, -0.25) is 4.79 Å². The molecule has 1 aliphatic heterocycles. The number of halogens is 3. The number of carbonyl (C=O) groups excluding carboxylic acids is 1. The van der Waals surface area contributed by atoms with E-state index in [0.29, 0.717) is 12.6 Å². The smallest absolute Gasteiger partial charge is 0.350 e. The van der Waals surface area contributed by atoms with Crippen molar-refractivity contribution < 1.29 is 26.4 Å². The molecule has 1 aliphatic rings. The third-order valence-corrected chi connectivity index (χ3v) is 6.49. The molecule has 1 fully saturated rings. The van der Waals surface area contributed by atoms with Gasteiger partial charge in [-0.1, -0.05) is 19.2 Å². The van der Waals surface area contributed by atoms with Crippen molar-refractivity contribution in [2.24, 2.45) is 0 Å². The topological polar surface area (TPSA) is 116 Å². The summed E-state index contributed by atoms with van der Waals surface area (Å²) >= 11 is 0. The van der Waals surface area contributed by atoms with E-state index in [4.69, 9.17) is 0 Å². The van der Waals surface area contributed by atoms with Gasteiger partial charge in [0.05, 0.1) is 11.4 Å². The van der Waals surface area contributed by atoms with Crippen LogP contribution in [-0.2, 0) is 21.0 Å². The average Bonchev–Trinajstić information content (AvgIpc) is 3.24. The summed E-state index contributed by atoms with van der Waals surface area (Å²) in [4.78, 5) is 19.5. The fraction of sp³-hybridized carbons (Fsp3) is 0.286. The maximum Gasteiger partial charge on any atom is 0.421 e. The van der Waals surface area contributed by atoms with Crippen LogP contribution in [0.5, 0.6) is 0 Å². The number of nitrogens with zero attached hydrogens (tertiary/aromatic N) is 3. The summed E-state index contributed by atoms with van der Waals surface area (Å²) in [5, 5.41) is 8.91. The van der Waals surface area contributed by atoms with Gasteiger partial charge in [0.2, 0.25) is 21.9 Å². The zero-order valence-corrected chi connectivity index (χ0v) is 19.0. The molecule has 2 aromatic rings. The number of benzene rings is 1. The van der Waals surface area contributed by atoms with Gasteiger partial charge in [0.1, 0.15) is 11.4 Å². The van der Waals surface area contributed by atoms with Gasteiger partial charge in [-0.05, 0) is 37.1 Å². The Hall–Kier alpha value is -3.45. The van der Waals surface area contributed by atoms with Crippen molar-refractivity contribution in [3.05, 3.63) is 60.2 Å². The lowest BCUT2D eigenvalue weighted by molar-refractivity contribution is -0.137. The second-order valence-electron chi connectivity index (χ2n) is 7.52. The summed E-state index contributed by atoms with van der Waals surface area (Å²) in [5.41, 5.74) is 0.0838. The normalized spacial score (nSPS) is 16.6. The number of carbonyl (C=O) groups is 1. The predicted molar refractivity (Wildman–Crippen MR) is 123 cm³/mol. The van der Waals surface area contributed by atoms with Crippen LogP contribution in [0.25, 0.3) is 0 Å². The van der Waals surface area contributed by atoms with E-state index in [1.807, 2.05) is 0 Å². The summed E-state index contributed by atoms with van der Waals surface area (Å²) in [6, 6.07) is 4.36. The number of hydrogen-bond donors (Lipinski definition) is 3. The highest BCUT2D eigenvalue weighted by molar-refractivity contribution is 7.92. The van der Waals surface area contributed by atoms with Crippen molar-refractivity contribution in [2.75, 3.05) is 29.0 Å². The van der Waals surface area contributed by atoms with Crippen LogP contribution in [0.2, 0.25) is 0 Å². The van der Waals surface area contributed by atoms with Gasteiger partial charge < -0.3 is 16.0 Å². The lowest BCUT2D eigenvalue weighted by Gasteiger charge is -2.19. The molecule has 13 heteroatoms. The van der Waals surface area contributed by atoms with Crippen LogP contribution < -0.4 is 16.0 Å². The molecular weight excluding hydrogens is 473 g/mol. The highest BCUT2D eigenvalue weighted by Gasteiger charge is 2.36. The molecule has 34 heavy (non-hydrogen) atoms. The lowest BCUT2D eigenvalue weighted by Crippen LogP contribution is -2.30. The van der Waals surface area contributed by atoms with Crippen LogP contribution in [0.4, 0.5) is 36.3 Å². The molecule has 3 N–H and O–H groups in total. The summed E-state index contributed by atoms with van der Waals surface area (Å²) in [7, 11) is -3.60. The highest BCUT2D eigenvalue weighted by Crippen LogP contribution is 2.36. The largest absolute Gasteiger partial charge is 0.421 e. The fourth-order valence-corrected chi connectivity index (χ4v) is 4.26. The van der Waals surface area contributed by atoms with Crippen LogP contribution in [0.3, 0.4) is 0 Å². The molecule has 9 nitrogen and oxygen atoms in total. The van der Waals surface area contributed by atoms with Gasteiger partial charge in [-0.2, -0.15) is 22.5 Å². The van der Waals surface area contributed by atoms with E-state index in [-0.39, 0.29) is 30.4 Å². The molecular formula is C21H23F3N6O3S.